The number of pyridine rings is 1. The number of nitrogens with one attached hydrogen (secondary N) is 1. The number of nitrogens with zero attached hydrogens (tertiary/aromatic N) is 4. The van der Waals surface area contributed by atoms with Crippen molar-refractivity contribution in [1.82, 2.24) is 25.0 Å². The number of rotatable bonds is 7. The lowest BCUT2D eigenvalue weighted by molar-refractivity contribution is 0.0644. The number of aromatic amines is 1. The summed E-state index contributed by atoms with van der Waals surface area (Å²) >= 11 is 0. The molecule has 2 aliphatic rings. The number of likely N-dealkylation sites (tertiary alicyclic amines) is 1. The van der Waals surface area contributed by atoms with E-state index in [4.69, 9.17) is 0 Å². The molecule has 0 atom stereocenters. The van der Waals surface area contributed by atoms with Gasteiger partial charge in [-0.25, -0.2) is 0 Å². The third-order valence-corrected chi connectivity index (χ3v) is 6.79. The van der Waals surface area contributed by atoms with Gasteiger partial charge < -0.3 is 9.80 Å². The van der Waals surface area contributed by atoms with Crippen LogP contribution in [0.5, 0.6) is 0 Å². The Bertz CT molecular complexity index is 804. The van der Waals surface area contributed by atoms with Crippen LogP contribution in [0.15, 0.2) is 30.6 Å². The molecule has 4 rings (SSSR count). The lowest BCUT2D eigenvalue weighted by Crippen LogP contribution is -2.43. The van der Waals surface area contributed by atoms with Crippen molar-refractivity contribution in [3.05, 3.63) is 47.5 Å². The van der Waals surface area contributed by atoms with Crippen LogP contribution >= 0.6 is 0 Å². The molecule has 1 aliphatic heterocycles. The van der Waals surface area contributed by atoms with Crippen molar-refractivity contribution in [3.63, 3.8) is 0 Å². The number of carbonyl (C=O) groups excluding carboxylic acids is 1. The van der Waals surface area contributed by atoms with E-state index in [1.807, 2.05) is 29.3 Å². The second-order valence-corrected chi connectivity index (χ2v) is 9.33. The SMILES string of the molecule is CC(C)c1cc(C(=O)N(Cc2cccnc2)CC2CCN(C3CCCC3)CC2)n[nH]1. The fourth-order valence-electron chi connectivity index (χ4n) is 4.92. The summed E-state index contributed by atoms with van der Waals surface area (Å²) in [4.78, 5) is 22.2. The Labute approximate surface area is 180 Å². The van der Waals surface area contributed by atoms with Gasteiger partial charge in [-0.2, -0.15) is 5.10 Å². The van der Waals surface area contributed by atoms with Crippen LogP contribution in [0.2, 0.25) is 0 Å². The number of H-pyrrole nitrogens is 1. The van der Waals surface area contributed by atoms with Gasteiger partial charge in [0.1, 0.15) is 5.69 Å². The summed E-state index contributed by atoms with van der Waals surface area (Å²) in [7, 11) is 0. The maximum atomic E-state index is 13.3. The molecule has 1 amide bonds. The fraction of sp³-hybridized carbons (Fsp3) is 0.625. The molecule has 3 heterocycles. The smallest absolute Gasteiger partial charge is 0.274 e. The van der Waals surface area contributed by atoms with E-state index in [9.17, 15) is 4.79 Å². The van der Waals surface area contributed by atoms with E-state index in [-0.39, 0.29) is 5.91 Å². The molecule has 1 N–H and O–H groups in total. The summed E-state index contributed by atoms with van der Waals surface area (Å²) in [6, 6.07) is 6.69. The number of piperidine rings is 1. The highest BCUT2D eigenvalue weighted by Crippen LogP contribution is 2.28. The van der Waals surface area contributed by atoms with Crippen LogP contribution < -0.4 is 0 Å². The first-order chi connectivity index (χ1) is 14.6. The first-order valence-corrected chi connectivity index (χ1v) is 11.6. The third kappa shape index (κ3) is 5.09. The average molecular weight is 410 g/mol. The van der Waals surface area contributed by atoms with Gasteiger partial charge in [-0.1, -0.05) is 32.8 Å². The quantitative estimate of drug-likeness (QED) is 0.743. The molecule has 6 heteroatoms. The molecular formula is C24H35N5O. The lowest BCUT2D eigenvalue weighted by atomic mass is 9.94. The molecule has 162 valence electrons. The van der Waals surface area contributed by atoms with E-state index in [1.165, 1.54) is 51.6 Å². The number of carbonyl (C=O) groups is 1. The highest BCUT2D eigenvalue weighted by molar-refractivity contribution is 5.92. The molecule has 0 bridgehead atoms. The summed E-state index contributed by atoms with van der Waals surface area (Å²) in [5.74, 6) is 0.887. The highest BCUT2D eigenvalue weighted by Gasteiger charge is 2.29. The molecule has 6 nitrogen and oxygen atoms in total. The summed E-state index contributed by atoms with van der Waals surface area (Å²) in [6.45, 7) is 7.92. The zero-order chi connectivity index (χ0) is 20.9. The molecule has 1 aliphatic carbocycles. The van der Waals surface area contributed by atoms with Crippen LogP contribution in [0.25, 0.3) is 0 Å². The predicted molar refractivity (Wildman–Crippen MR) is 118 cm³/mol. The van der Waals surface area contributed by atoms with Crippen molar-refractivity contribution in [2.24, 2.45) is 5.92 Å². The first-order valence-electron chi connectivity index (χ1n) is 11.6. The molecule has 0 unspecified atom stereocenters. The molecule has 30 heavy (non-hydrogen) atoms. The largest absolute Gasteiger partial charge is 0.333 e. The topological polar surface area (TPSA) is 65.1 Å². The van der Waals surface area contributed by atoms with E-state index in [0.29, 0.717) is 24.1 Å². The maximum absolute atomic E-state index is 13.3. The summed E-state index contributed by atoms with van der Waals surface area (Å²) in [5, 5.41) is 7.35. The van der Waals surface area contributed by atoms with Crippen LogP contribution in [0, 0.1) is 5.92 Å². The molecule has 1 saturated carbocycles. The monoisotopic (exact) mass is 409 g/mol. The van der Waals surface area contributed by atoms with Gasteiger partial charge in [0.05, 0.1) is 0 Å². The standard InChI is InChI=1S/C24H35N5O/c1-18(2)22-14-23(27-26-22)24(30)29(17-20-6-5-11-25-15-20)16-19-9-12-28(13-10-19)21-7-3-4-8-21/h5-6,11,14-15,18-19,21H,3-4,7-10,12-13,16-17H2,1-2H3,(H,26,27). The molecule has 1 saturated heterocycles. The van der Waals surface area contributed by atoms with Crippen molar-refractivity contribution in [2.45, 2.75) is 70.9 Å². The van der Waals surface area contributed by atoms with Crippen LogP contribution in [0.3, 0.4) is 0 Å². The van der Waals surface area contributed by atoms with E-state index >= 15 is 0 Å². The Morgan fingerprint density at radius 2 is 2.00 bits per heavy atom. The number of aromatic nitrogens is 3. The average Bonchev–Trinajstić information content (AvgIpc) is 3.46. The van der Waals surface area contributed by atoms with Gasteiger partial charge in [0.15, 0.2) is 0 Å². The minimum absolute atomic E-state index is 0.0141. The molecule has 2 aromatic rings. The molecule has 0 spiro atoms. The summed E-state index contributed by atoms with van der Waals surface area (Å²) in [5.41, 5.74) is 2.59. The molecule has 2 aromatic heterocycles. The van der Waals surface area contributed by atoms with Gasteiger partial charge in [-0.05, 0) is 68.3 Å². The van der Waals surface area contributed by atoms with Crippen molar-refractivity contribution in [3.8, 4) is 0 Å². The first kappa shape index (κ1) is 21.0. The van der Waals surface area contributed by atoms with Crippen LogP contribution in [0.4, 0.5) is 0 Å². The predicted octanol–water partition coefficient (Wildman–Crippen LogP) is 4.23. The summed E-state index contributed by atoms with van der Waals surface area (Å²) in [6.07, 6.45) is 11.5. The Morgan fingerprint density at radius 3 is 2.63 bits per heavy atom. The van der Waals surface area contributed by atoms with Gasteiger partial charge in [0.25, 0.3) is 5.91 Å². The van der Waals surface area contributed by atoms with Crippen LogP contribution in [-0.4, -0.2) is 56.6 Å². The van der Waals surface area contributed by atoms with Gasteiger partial charge in [0, 0.05) is 37.2 Å². The normalized spacial score (nSPS) is 18.9. The van der Waals surface area contributed by atoms with Crippen LogP contribution in [0.1, 0.15) is 80.0 Å². The van der Waals surface area contributed by atoms with Crippen molar-refractivity contribution in [2.75, 3.05) is 19.6 Å². The molecule has 2 fully saturated rings. The zero-order valence-corrected chi connectivity index (χ0v) is 18.4. The van der Waals surface area contributed by atoms with Crippen molar-refractivity contribution in [1.29, 1.82) is 0 Å². The molecule has 0 aromatic carbocycles. The second-order valence-electron chi connectivity index (χ2n) is 9.33. The molecular weight excluding hydrogens is 374 g/mol. The fourth-order valence-corrected chi connectivity index (χ4v) is 4.92. The minimum atomic E-state index is 0.0141. The van der Waals surface area contributed by atoms with Gasteiger partial charge in [-0.3, -0.25) is 14.9 Å². The highest BCUT2D eigenvalue weighted by atomic mass is 16.2. The summed E-state index contributed by atoms with van der Waals surface area (Å²) < 4.78 is 0. The van der Waals surface area contributed by atoms with Gasteiger partial charge >= 0.3 is 0 Å². The Kier molecular flexibility index (Phi) is 6.82. The van der Waals surface area contributed by atoms with E-state index in [0.717, 1.165) is 23.8 Å². The molecule has 0 radical (unpaired) electrons. The van der Waals surface area contributed by atoms with E-state index in [2.05, 4.69) is 33.9 Å². The van der Waals surface area contributed by atoms with Crippen molar-refractivity contribution < 1.29 is 4.79 Å². The van der Waals surface area contributed by atoms with Crippen LogP contribution in [-0.2, 0) is 6.54 Å². The third-order valence-electron chi connectivity index (χ3n) is 6.79. The Hall–Kier alpha value is -2.21. The zero-order valence-electron chi connectivity index (χ0n) is 18.4. The van der Waals surface area contributed by atoms with E-state index in [1.54, 1.807) is 6.20 Å². The maximum Gasteiger partial charge on any atom is 0.274 e. The number of hydrogen-bond donors (Lipinski definition) is 1. The number of hydrogen-bond acceptors (Lipinski definition) is 4. The second kappa shape index (κ2) is 9.73. The Balaban J connectivity index is 1.42. The number of amides is 1. The van der Waals surface area contributed by atoms with Crippen molar-refractivity contribution >= 4 is 5.91 Å². The Morgan fingerprint density at radius 1 is 1.23 bits per heavy atom. The lowest BCUT2D eigenvalue weighted by Gasteiger charge is -2.37. The minimum Gasteiger partial charge on any atom is -0.333 e. The van der Waals surface area contributed by atoms with E-state index < -0.39 is 0 Å². The van der Waals surface area contributed by atoms with Gasteiger partial charge in [0.2, 0.25) is 0 Å². The van der Waals surface area contributed by atoms with Gasteiger partial charge in [-0.15, -0.1) is 0 Å².